The van der Waals surface area contributed by atoms with Crippen molar-refractivity contribution >= 4 is 12.1 Å². The van der Waals surface area contributed by atoms with E-state index in [1.165, 1.54) is 0 Å². The number of aliphatic carboxylic acids is 1. The Kier molecular flexibility index (Phi) is 5.72. The van der Waals surface area contributed by atoms with Crippen LogP contribution >= 0.6 is 0 Å². The maximum atomic E-state index is 12.4. The van der Waals surface area contributed by atoms with E-state index in [0.717, 1.165) is 27.8 Å². The second kappa shape index (κ2) is 8.76. The summed E-state index contributed by atoms with van der Waals surface area (Å²) >= 11 is 0. The first-order valence-corrected chi connectivity index (χ1v) is 9.96. The lowest BCUT2D eigenvalue weighted by Crippen LogP contribution is -2.42. The minimum atomic E-state index is -1.14. The van der Waals surface area contributed by atoms with Gasteiger partial charge in [0, 0.05) is 17.9 Å². The van der Waals surface area contributed by atoms with Crippen molar-refractivity contribution in [1.82, 2.24) is 5.32 Å². The topological polar surface area (TPSA) is 75.6 Å². The molecule has 0 aliphatic heterocycles. The standard InChI is InChI=1S/C26H21NO4/c1-2-17-8-7-9-18(14-17)15-24(25(28)29)27-26(30)31-16-23-21-12-5-3-10-19(21)20-11-4-6-13-22(20)23/h1,3-14,23-24H,15-16H2,(H,27,30)(H,28,29)/t24-/m1/s1. The molecule has 0 bridgehead atoms. The van der Waals surface area contributed by atoms with E-state index in [9.17, 15) is 14.7 Å². The number of alkyl carbamates (subject to hydrolysis) is 1. The number of carboxylic acids is 1. The van der Waals surface area contributed by atoms with Crippen molar-refractivity contribution in [2.45, 2.75) is 18.4 Å². The van der Waals surface area contributed by atoms with E-state index in [-0.39, 0.29) is 18.9 Å². The number of carbonyl (C=O) groups excluding carboxylic acids is 1. The molecule has 0 saturated heterocycles. The molecule has 1 amide bonds. The van der Waals surface area contributed by atoms with Crippen LogP contribution in [0.25, 0.3) is 11.1 Å². The zero-order valence-electron chi connectivity index (χ0n) is 16.7. The first-order valence-electron chi connectivity index (χ1n) is 9.96. The number of amides is 1. The smallest absolute Gasteiger partial charge is 0.407 e. The van der Waals surface area contributed by atoms with Crippen molar-refractivity contribution in [1.29, 1.82) is 0 Å². The summed E-state index contributed by atoms with van der Waals surface area (Å²) in [5, 5.41) is 12.0. The number of hydrogen-bond donors (Lipinski definition) is 2. The van der Waals surface area contributed by atoms with E-state index < -0.39 is 18.1 Å². The van der Waals surface area contributed by atoms with Gasteiger partial charge in [-0.2, -0.15) is 0 Å². The van der Waals surface area contributed by atoms with Gasteiger partial charge < -0.3 is 15.2 Å². The molecule has 1 aliphatic carbocycles. The predicted molar refractivity (Wildman–Crippen MR) is 118 cm³/mol. The molecule has 4 rings (SSSR count). The maximum Gasteiger partial charge on any atom is 0.407 e. The van der Waals surface area contributed by atoms with Gasteiger partial charge in [0.1, 0.15) is 12.6 Å². The zero-order valence-corrected chi connectivity index (χ0v) is 16.7. The number of nitrogens with one attached hydrogen (secondary N) is 1. The van der Waals surface area contributed by atoms with Gasteiger partial charge >= 0.3 is 12.1 Å². The van der Waals surface area contributed by atoms with Gasteiger partial charge in [-0.05, 0) is 39.9 Å². The molecule has 0 unspecified atom stereocenters. The largest absolute Gasteiger partial charge is 0.480 e. The van der Waals surface area contributed by atoms with Gasteiger partial charge in [-0.3, -0.25) is 0 Å². The molecule has 0 radical (unpaired) electrons. The summed E-state index contributed by atoms with van der Waals surface area (Å²) in [5.41, 5.74) is 5.83. The molecule has 5 nitrogen and oxygen atoms in total. The lowest BCUT2D eigenvalue weighted by Gasteiger charge is -2.17. The number of hydrogen-bond acceptors (Lipinski definition) is 3. The molecular formula is C26H21NO4. The van der Waals surface area contributed by atoms with Crippen LogP contribution in [0.1, 0.15) is 28.2 Å². The van der Waals surface area contributed by atoms with Crippen LogP contribution in [-0.4, -0.2) is 29.8 Å². The summed E-state index contributed by atoms with van der Waals surface area (Å²) in [7, 11) is 0. The van der Waals surface area contributed by atoms with Crippen LogP contribution < -0.4 is 5.32 Å². The molecule has 3 aromatic carbocycles. The maximum absolute atomic E-state index is 12.4. The Morgan fingerprint density at radius 1 is 1.00 bits per heavy atom. The van der Waals surface area contributed by atoms with Gasteiger partial charge in [0.2, 0.25) is 0 Å². The molecule has 0 spiro atoms. The predicted octanol–water partition coefficient (Wildman–Crippen LogP) is 4.20. The molecule has 154 valence electrons. The number of benzene rings is 3. The van der Waals surface area contributed by atoms with E-state index in [1.807, 2.05) is 36.4 Å². The quantitative estimate of drug-likeness (QED) is 0.596. The molecule has 5 heteroatoms. The number of carbonyl (C=O) groups is 2. The molecule has 0 aromatic heterocycles. The monoisotopic (exact) mass is 411 g/mol. The van der Waals surface area contributed by atoms with E-state index in [2.05, 4.69) is 23.4 Å². The van der Waals surface area contributed by atoms with Gasteiger partial charge in [0.25, 0.3) is 0 Å². The van der Waals surface area contributed by atoms with Crippen molar-refractivity contribution in [2.24, 2.45) is 0 Å². The second-order valence-electron chi connectivity index (χ2n) is 7.41. The third-order valence-electron chi connectivity index (χ3n) is 5.47. The first kappa shape index (κ1) is 20.2. The fourth-order valence-corrected chi connectivity index (χ4v) is 4.01. The number of rotatable bonds is 6. The summed E-state index contributed by atoms with van der Waals surface area (Å²) in [4.78, 5) is 24.1. The van der Waals surface area contributed by atoms with Crippen LogP contribution in [-0.2, 0) is 16.0 Å². The molecule has 31 heavy (non-hydrogen) atoms. The number of fused-ring (bicyclic) bond motifs is 3. The SMILES string of the molecule is C#Cc1cccc(C[C@@H](NC(=O)OCC2c3ccccc3-c3ccccc32)C(=O)O)c1. The second-order valence-corrected chi connectivity index (χ2v) is 7.41. The normalized spacial score (nSPS) is 12.9. The highest BCUT2D eigenvalue weighted by molar-refractivity contribution is 5.81. The minimum Gasteiger partial charge on any atom is -0.480 e. The summed E-state index contributed by atoms with van der Waals surface area (Å²) in [6.07, 6.45) is 4.75. The molecular weight excluding hydrogens is 390 g/mol. The molecule has 0 heterocycles. The Hall–Kier alpha value is -4.04. The summed E-state index contributed by atoms with van der Waals surface area (Å²) in [6, 6.07) is 22.0. The van der Waals surface area contributed by atoms with Gasteiger partial charge in [0.15, 0.2) is 0 Å². The van der Waals surface area contributed by atoms with Crippen LogP contribution in [0.15, 0.2) is 72.8 Å². The van der Waals surface area contributed by atoms with Crippen LogP contribution in [0.2, 0.25) is 0 Å². The van der Waals surface area contributed by atoms with Gasteiger partial charge in [-0.15, -0.1) is 6.42 Å². The molecule has 3 aromatic rings. The number of ether oxygens (including phenoxy) is 1. The van der Waals surface area contributed by atoms with Gasteiger partial charge in [-0.25, -0.2) is 9.59 Å². The Morgan fingerprint density at radius 2 is 1.65 bits per heavy atom. The van der Waals surface area contributed by atoms with Crippen LogP contribution in [0.4, 0.5) is 4.79 Å². The minimum absolute atomic E-state index is 0.0891. The average Bonchev–Trinajstić information content (AvgIpc) is 3.11. The highest BCUT2D eigenvalue weighted by Crippen LogP contribution is 2.44. The van der Waals surface area contributed by atoms with E-state index >= 15 is 0 Å². The van der Waals surface area contributed by atoms with Gasteiger partial charge in [-0.1, -0.05) is 66.6 Å². The lowest BCUT2D eigenvalue weighted by molar-refractivity contribution is -0.139. The van der Waals surface area contributed by atoms with Gasteiger partial charge in [0.05, 0.1) is 0 Å². The third-order valence-corrected chi connectivity index (χ3v) is 5.47. The summed E-state index contributed by atoms with van der Waals surface area (Å²) in [5.74, 6) is 1.29. The van der Waals surface area contributed by atoms with Crippen molar-refractivity contribution in [3.8, 4) is 23.5 Å². The number of terminal acetylenes is 1. The third kappa shape index (κ3) is 4.29. The highest BCUT2D eigenvalue weighted by atomic mass is 16.5. The summed E-state index contributed by atoms with van der Waals surface area (Å²) < 4.78 is 5.46. The zero-order chi connectivity index (χ0) is 21.8. The van der Waals surface area contributed by atoms with Crippen LogP contribution in [0, 0.1) is 12.3 Å². The van der Waals surface area contributed by atoms with E-state index in [0.29, 0.717) is 5.56 Å². The van der Waals surface area contributed by atoms with E-state index in [4.69, 9.17) is 11.2 Å². The van der Waals surface area contributed by atoms with Crippen LogP contribution in [0.3, 0.4) is 0 Å². The van der Waals surface area contributed by atoms with Crippen molar-refractivity contribution < 1.29 is 19.4 Å². The highest BCUT2D eigenvalue weighted by Gasteiger charge is 2.29. The average molecular weight is 411 g/mol. The van der Waals surface area contributed by atoms with Crippen LogP contribution in [0.5, 0.6) is 0 Å². The Balaban J connectivity index is 1.43. The Morgan fingerprint density at radius 3 is 2.26 bits per heavy atom. The Labute approximate surface area is 180 Å². The molecule has 0 saturated carbocycles. The van der Waals surface area contributed by atoms with E-state index in [1.54, 1.807) is 24.3 Å². The van der Waals surface area contributed by atoms with Crippen molar-refractivity contribution in [3.05, 3.63) is 95.1 Å². The molecule has 1 atom stereocenters. The van der Waals surface area contributed by atoms with Crippen molar-refractivity contribution in [2.75, 3.05) is 6.61 Å². The molecule has 1 aliphatic rings. The number of carboxylic acid groups (broad SMARTS) is 1. The lowest BCUT2D eigenvalue weighted by atomic mass is 9.98. The molecule has 2 N–H and O–H groups in total. The molecule has 0 fully saturated rings. The summed E-state index contributed by atoms with van der Waals surface area (Å²) in [6.45, 7) is 0.124. The first-order chi connectivity index (χ1) is 15.1. The Bertz CT molecular complexity index is 1130. The fraction of sp³-hybridized carbons (Fsp3) is 0.154. The van der Waals surface area contributed by atoms with Crippen molar-refractivity contribution in [3.63, 3.8) is 0 Å². The fourth-order valence-electron chi connectivity index (χ4n) is 4.01.